The fourth-order valence-electron chi connectivity index (χ4n) is 3.08. The molecule has 4 nitrogen and oxygen atoms in total. The molecule has 0 unspecified atom stereocenters. The Balaban J connectivity index is 1.82. The van der Waals surface area contributed by atoms with Crippen LogP contribution in [0.15, 0.2) is 35.5 Å². The van der Waals surface area contributed by atoms with E-state index in [-0.39, 0.29) is 28.6 Å². The van der Waals surface area contributed by atoms with Gasteiger partial charge in [-0.25, -0.2) is 14.4 Å². The highest BCUT2D eigenvalue weighted by atomic mass is 32.2. The number of hydrogen-bond acceptors (Lipinski definition) is 4. The zero-order chi connectivity index (χ0) is 20.3. The van der Waals surface area contributed by atoms with E-state index in [1.807, 2.05) is 6.92 Å². The van der Waals surface area contributed by atoms with Crippen molar-refractivity contribution in [2.45, 2.75) is 43.6 Å². The molecule has 150 valence electrons. The number of halogens is 4. The molecule has 28 heavy (non-hydrogen) atoms. The van der Waals surface area contributed by atoms with Crippen LogP contribution in [0.3, 0.4) is 0 Å². The number of aromatic nitrogens is 2. The molecule has 1 fully saturated rings. The fourth-order valence-corrected chi connectivity index (χ4v) is 3.83. The molecule has 1 aromatic carbocycles. The number of nitrogens with zero attached hydrogens (tertiary/aromatic N) is 3. The molecule has 2 aromatic rings. The van der Waals surface area contributed by atoms with E-state index in [0.717, 1.165) is 49.2 Å². The summed E-state index contributed by atoms with van der Waals surface area (Å²) in [7, 11) is 0. The van der Waals surface area contributed by atoms with Crippen LogP contribution in [0.5, 0.6) is 0 Å². The molecule has 0 N–H and O–H groups in total. The van der Waals surface area contributed by atoms with Crippen LogP contribution in [-0.2, 0) is 11.0 Å². The predicted octanol–water partition coefficient (Wildman–Crippen LogP) is 4.79. The Labute approximate surface area is 164 Å². The van der Waals surface area contributed by atoms with Crippen molar-refractivity contribution in [3.63, 3.8) is 0 Å². The maximum absolute atomic E-state index is 13.2. The summed E-state index contributed by atoms with van der Waals surface area (Å²) in [5.74, 6) is -0.666. The first-order valence-corrected chi connectivity index (χ1v) is 9.87. The maximum atomic E-state index is 13.2. The van der Waals surface area contributed by atoms with Crippen molar-refractivity contribution < 1.29 is 22.4 Å². The maximum Gasteiger partial charge on any atom is 0.433 e. The van der Waals surface area contributed by atoms with Gasteiger partial charge >= 0.3 is 6.18 Å². The third-order valence-electron chi connectivity index (χ3n) is 4.58. The van der Waals surface area contributed by atoms with E-state index in [1.165, 1.54) is 12.1 Å². The Morgan fingerprint density at radius 1 is 1.21 bits per heavy atom. The van der Waals surface area contributed by atoms with Crippen LogP contribution in [0.2, 0.25) is 0 Å². The van der Waals surface area contributed by atoms with Crippen LogP contribution in [0.1, 0.15) is 31.9 Å². The summed E-state index contributed by atoms with van der Waals surface area (Å²) in [6, 6.07) is 5.96. The lowest BCUT2D eigenvalue weighted by Crippen LogP contribution is -2.42. The molecule has 9 heteroatoms. The number of piperidine rings is 1. The first-order valence-electron chi connectivity index (χ1n) is 8.88. The highest BCUT2D eigenvalue weighted by Crippen LogP contribution is 2.32. The van der Waals surface area contributed by atoms with Gasteiger partial charge in [-0.2, -0.15) is 13.2 Å². The molecule has 0 bridgehead atoms. The lowest BCUT2D eigenvalue weighted by Gasteiger charge is -2.33. The molecule has 0 aliphatic carbocycles. The molecule has 1 amide bonds. The second-order valence-corrected chi connectivity index (χ2v) is 7.59. The number of amides is 1. The minimum atomic E-state index is -4.65. The third kappa shape index (κ3) is 5.01. The van der Waals surface area contributed by atoms with E-state index < -0.39 is 17.7 Å². The molecule has 0 saturated carbocycles. The molecule has 3 rings (SSSR count). The summed E-state index contributed by atoms with van der Waals surface area (Å²) in [5, 5.41) is -0.132. The van der Waals surface area contributed by atoms with Crippen LogP contribution in [-0.4, -0.2) is 39.1 Å². The Morgan fingerprint density at radius 3 is 2.57 bits per heavy atom. The van der Waals surface area contributed by atoms with Crippen molar-refractivity contribution in [1.29, 1.82) is 0 Å². The highest BCUT2D eigenvalue weighted by Gasteiger charge is 2.34. The summed E-state index contributed by atoms with van der Waals surface area (Å²) in [6.45, 7) is 2.62. The number of thioether (sulfide) groups is 1. The van der Waals surface area contributed by atoms with Crippen molar-refractivity contribution in [3.05, 3.63) is 41.8 Å². The second kappa shape index (κ2) is 8.46. The molecule has 1 atom stereocenters. The quantitative estimate of drug-likeness (QED) is 0.411. The van der Waals surface area contributed by atoms with Gasteiger partial charge in [-0.3, -0.25) is 4.79 Å². The minimum Gasteiger partial charge on any atom is -0.339 e. The molecule has 2 heterocycles. The SMILES string of the molecule is C[C@@H]1CCCCN1C(=O)CSc1nc(-c2ccc(F)cc2)cc(C(F)(F)F)n1. The van der Waals surface area contributed by atoms with Crippen LogP contribution >= 0.6 is 11.8 Å². The molecule has 0 spiro atoms. The van der Waals surface area contributed by atoms with Gasteiger partial charge in [0.15, 0.2) is 5.16 Å². The number of benzene rings is 1. The van der Waals surface area contributed by atoms with Gasteiger partial charge in [0.1, 0.15) is 11.5 Å². The second-order valence-electron chi connectivity index (χ2n) is 6.65. The zero-order valence-corrected chi connectivity index (χ0v) is 16.0. The van der Waals surface area contributed by atoms with Gasteiger partial charge < -0.3 is 4.90 Å². The van der Waals surface area contributed by atoms with E-state index in [9.17, 15) is 22.4 Å². The van der Waals surface area contributed by atoms with Gasteiger partial charge in [0.2, 0.25) is 5.91 Å². The monoisotopic (exact) mass is 413 g/mol. The largest absolute Gasteiger partial charge is 0.433 e. The van der Waals surface area contributed by atoms with Crippen molar-refractivity contribution >= 4 is 17.7 Å². The third-order valence-corrected chi connectivity index (χ3v) is 5.42. The van der Waals surface area contributed by atoms with Gasteiger partial charge in [0.05, 0.1) is 11.4 Å². The number of likely N-dealkylation sites (tertiary alicyclic amines) is 1. The molecule has 1 aliphatic rings. The first kappa shape index (κ1) is 20.6. The highest BCUT2D eigenvalue weighted by molar-refractivity contribution is 7.99. The standard InChI is InChI=1S/C19H19F4N3OS/c1-12-4-2-3-9-26(12)17(27)11-28-18-24-15(10-16(25-18)19(21,22)23)13-5-7-14(20)8-6-13/h5-8,10,12H,2-4,9,11H2,1H3/t12-/m1/s1. The molecule has 0 radical (unpaired) electrons. The van der Waals surface area contributed by atoms with Crippen LogP contribution < -0.4 is 0 Å². The van der Waals surface area contributed by atoms with Gasteiger partial charge in [0.25, 0.3) is 0 Å². The van der Waals surface area contributed by atoms with Crippen molar-refractivity contribution in [2.75, 3.05) is 12.3 Å². The minimum absolute atomic E-state index is 0.0311. The Kier molecular flexibility index (Phi) is 6.22. The zero-order valence-electron chi connectivity index (χ0n) is 15.2. The molecule has 1 aromatic heterocycles. The van der Waals surface area contributed by atoms with Crippen molar-refractivity contribution in [2.24, 2.45) is 0 Å². The summed E-state index contributed by atoms with van der Waals surface area (Å²) >= 11 is 0.879. The van der Waals surface area contributed by atoms with E-state index in [0.29, 0.717) is 12.1 Å². The first-order chi connectivity index (χ1) is 13.2. The van der Waals surface area contributed by atoms with Crippen LogP contribution in [0, 0.1) is 5.82 Å². The normalized spacial score (nSPS) is 17.6. The lowest BCUT2D eigenvalue weighted by atomic mass is 10.0. The Bertz CT molecular complexity index is 842. The number of hydrogen-bond donors (Lipinski definition) is 0. The summed E-state index contributed by atoms with van der Waals surface area (Å²) in [4.78, 5) is 21.9. The smallest absolute Gasteiger partial charge is 0.339 e. The molecule has 1 saturated heterocycles. The van der Waals surface area contributed by atoms with E-state index in [1.54, 1.807) is 4.90 Å². The Morgan fingerprint density at radius 2 is 1.93 bits per heavy atom. The molecule has 1 aliphatic heterocycles. The molecular weight excluding hydrogens is 394 g/mol. The van der Waals surface area contributed by atoms with Gasteiger partial charge in [-0.15, -0.1) is 0 Å². The number of rotatable bonds is 4. The van der Waals surface area contributed by atoms with Gasteiger partial charge in [-0.1, -0.05) is 11.8 Å². The van der Waals surface area contributed by atoms with E-state index >= 15 is 0 Å². The number of carbonyl (C=O) groups is 1. The molecular formula is C19H19F4N3OS. The van der Waals surface area contributed by atoms with Crippen molar-refractivity contribution in [3.8, 4) is 11.3 Å². The van der Waals surface area contributed by atoms with Crippen LogP contribution in [0.25, 0.3) is 11.3 Å². The number of alkyl halides is 3. The lowest BCUT2D eigenvalue weighted by molar-refractivity contribution is -0.141. The summed E-state index contributed by atoms with van der Waals surface area (Å²) in [6.07, 6.45) is -1.74. The van der Waals surface area contributed by atoms with E-state index in [4.69, 9.17) is 0 Å². The fraction of sp³-hybridized carbons (Fsp3) is 0.421. The van der Waals surface area contributed by atoms with Crippen molar-refractivity contribution in [1.82, 2.24) is 14.9 Å². The average molecular weight is 413 g/mol. The van der Waals surface area contributed by atoms with Crippen LogP contribution in [0.4, 0.5) is 17.6 Å². The predicted molar refractivity (Wildman–Crippen MR) is 98.2 cm³/mol. The van der Waals surface area contributed by atoms with E-state index in [2.05, 4.69) is 9.97 Å². The summed E-state index contributed by atoms with van der Waals surface area (Å²) in [5.41, 5.74) is -0.723. The van der Waals surface area contributed by atoms with Gasteiger partial charge in [-0.05, 0) is 56.5 Å². The average Bonchev–Trinajstić information content (AvgIpc) is 2.66. The topological polar surface area (TPSA) is 46.1 Å². The van der Waals surface area contributed by atoms with Gasteiger partial charge in [0, 0.05) is 18.2 Å². The summed E-state index contributed by atoms with van der Waals surface area (Å²) < 4.78 is 52.8. The number of carbonyl (C=O) groups excluding carboxylic acids is 1. The Hall–Kier alpha value is -2.16.